The summed E-state index contributed by atoms with van der Waals surface area (Å²) in [6.45, 7) is 0. The third kappa shape index (κ3) is 2.56. The van der Waals surface area contributed by atoms with Crippen molar-refractivity contribution in [2.45, 2.75) is 12.5 Å². The highest BCUT2D eigenvalue weighted by Gasteiger charge is 2.20. The molecule has 0 saturated heterocycles. The molecular formula is C10H12F2O3. The molecule has 0 aliphatic carbocycles. The van der Waals surface area contributed by atoms with Gasteiger partial charge in [-0.05, 0) is 17.7 Å². The van der Waals surface area contributed by atoms with Crippen molar-refractivity contribution in [2.24, 2.45) is 0 Å². The minimum atomic E-state index is -2.82. The second kappa shape index (κ2) is 4.93. The van der Waals surface area contributed by atoms with Crippen molar-refractivity contribution in [3.05, 3.63) is 23.8 Å². The van der Waals surface area contributed by atoms with E-state index in [9.17, 15) is 8.78 Å². The number of rotatable bonds is 4. The zero-order valence-corrected chi connectivity index (χ0v) is 8.41. The minimum Gasteiger partial charge on any atom is -0.493 e. The normalized spacial score (nSPS) is 12.7. The van der Waals surface area contributed by atoms with Crippen molar-refractivity contribution < 1.29 is 23.4 Å². The molecule has 0 aliphatic rings. The first-order valence-electron chi connectivity index (χ1n) is 4.28. The number of benzene rings is 1. The summed E-state index contributed by atoms with van der Waals surface area (Å²) in [7, 11) is 2.84. The molecular weight excluding hydrogens is 206 g/mol. The van der Waals surface area contributed by atoms with Crippen molar-refractivity contribution >= 4 is 0 Å². The molecule has 0 saturated carbocycles. The molecule has 1 atom stereocenters. The van der Waals surface area contributed by atoms with Crippen LogP contribution in [0.5, 0.6) is 11.5 Å². The fourth-order valence-corrected chi connectivity index (χ4v) is 1.18. The zero-order chi connectivity index (χ0) is 11.4. The van der Waals surface area contributed by atoms with E-state index in [-0.39, 0.29) is 5.56 Å². The first kappa shape index (κ1) is 11.7. The molecule has 0 radical (unpaired) electrons. The Balaban J connectivity index is 3.02. The molecule has 0 fully saturated rings. The van der Waals surface area contributed by atoms with E-state index in [4.69, 9.17) is 14.6 Å². The van der Waals surface area contributed by atoms with Gasteiger partial charge in [-0.3, -0.25) is 0 Å². The third-order valence-electron chi connectivity index (χ3n) is 1.99. The maximum atomic E-state index is 12.2. The largest absolute Gasteiger partial charge is 0.493 e. The molecule has 1 rings (SSSR count). The Morgan fingerprint density at radius 1 is 1.13 bits per heavy atom. The van der Waals surface area contributed by atoms with Crippen LogP contribution in [0.4, 0.5) is 8.78 Å². The lowest BCUT2D eigenvalue weighted by atomic mass is 10.1. The number of methoxy groups -OCH3 is 2. The van der Waals surface area contributed by atoms with Crippen LogP contribution in [0, 0.1) is 0 Å². The molecule has 0 amide bonds. The van der Waals surface area contributed by atoms with Gasteiger partial charge in [0.05, 0.1) is 14.2 Å². The second-order valence-electron chi connectivity index (χ2n) is 2.89. The van der Waals surface area contributed by atoms with Gasteiger partial charge in [0, 0.05) is 0 Å². The summed E-state index contributed by atoms with van der Waals surface area (Å²) in [5.74, 6) is 0.748. The fourth-order valence-electron chi connectivity index (χ4n) is 1.18. The summed E-state index contributed by atoms with van der Waals surface area (Å²) in [5.41, 5.74) is 0.0997. The van der Waals surface area contributed by atoms with Crippen LogP contribution in [0.2, 0.25) is 0 Å². The van der Waals surface area contributed by atoms with Crippen LogP contribution in [0.25, 0.3) is 0 Å². The number of aliphatic hydroxyl groups is 1. The number of halogens is 2. The first-order valence-corrected chi connectivity index (χ1v) is 4.28. The average molecular weight is 218 g/mol. The van der Waals surface area contributed by atoms with Crippen molar-refractivity contribution in [2.75, 3.05) is 14.2 Å². The van der Waals surface area contributed by atoms with E-state index in [0.29, 0.717) is 11.5 Å². The summed E-state index contributed by atoms with van der Waals surface area (Å²) in [5, 5.41) is 9.13. The summed E-state index contributed by atoms with van der Waals surface area (Å²) in [4.78, 5) is 0. The lowest BCUT2D eigenvalue weighted by molar-refractivity contribution is -0.00589. The molecule has 0 bridgehead atoms. The van der Waals surface area contributed by atoms with Crippen LogP contribution in [-0.4, -0.2) is 25.8 Å². The Morgan fingerprint density at radius 3 is 2.20 bits per heavy atom. The van der Waals surface area contributed by atoms with Crippen molar-refractivity contribution in [1.82, 2.24) is 0 Å². The Bertz CT molecular complexity index is 328. The van der Waals surface area contributed by atoms with Gasteiger partial charge < -0.3 is 14.6 Å². The molecule has 1 aromatic carbocycles. The molecule has 84 valence electrons. The lowest BCUT2D eigenvalue weighted by Gasteiger charge is -2.13. The Kier molecular flexibility index (Phi) is 3.85. The molecule has 0 aliphatic heterocycles. The van der Waals surface area contributed by atoms with E-state index in [2.05, 4.69) is 0 Å². The fraction of sp³-hybridized carbons (Fsp3) is 0.400. The van der Waals surface area contributed by atoms with Crippen LogP contribution < -0.4 is 9.47 Å². The summed E-state index contributed by atoms with van der Waals surface area (Å²) >= 11 is 0. The zero-order valence-electron chi connectivity index (χ0n) is 8.41. The van der Waals surface area contributed by atoms with Gasteiger partial charge in [-0.1, -0.05) is 6.07 Å². The predicted molar refractivity (Wildman–Crippen MR) is 50.5 cm³/mol. The highest BCUT2D eigenvalue weighted by atomic mass is 19.3. The Morgan fingerprint density at radius 2 is 1.73 bits per heavy atom. The van der Waals surface area contributed by atoms with Crippen LogP contribution in [0.1, 0.15) is 11.7 Å². The topological polar surface area (TPSA) is 38.7 Å². The van der Waals surface area contributed by atoms with Gasteiger partial charge in [-0.15, -0.1) is 0 Å². The summed E-state index contributed by atoms with van der Waals surface area (Å²) < 4.78 is 34.3. The van der Waals surface area contributed by atoms with Crippen molar-refractivity contribution in [1.29, 1.82) is 0 Å². The number of hydrogen-bond donors (Lipinski definition) is 1. The van der Waals surface area contributed by atoms with Gasteiger partial charge in [0.1, 0.15) is 6.10 Å². The van der Waals surface area contributed by atoms with E-state index in [1.54, 1.807) is 0 Å². The van der Waals surface area contributed by atoms with Gasteiger partial charge in [0.25, 0.3) is 6.43 Å². The second-order valence-corrected chi connectivity index (χ2v) is 2.89. The van der Waals surface area contributed by atoms with Crippen LogP contribution in [0.15, 0.2) is 18.2 Å². The monoisotopic (exact) mass is 218 g/mol. The van der Waals surface area contributed by atoms with Crippen LogP contribution in [0.3, 0.4) is 0 Å². The predicted octanol–water partition coefficient (Wildman–Crippen LogP) is 2.00. The number of ether oxygens (including phenoxy) is 2. The molecule has 15 heavy (non-hydrogen) atoms. The lowest BCUT2D eigenvalue weighted by Crippen LogP contribution is -2.08. The van der Waals surface area contributed by atoms with E-state index in [1.807, 2.05) is 0 Å². The molecule has 1 unspecified atom stereocenters. The van der Waals surface area contributed by atoms with E-state index < -0.39 is 12.5 Å². The maximum absolute atomic E-state index is 12.2. The van der Waals surface area contributed by atoms with E-state index >= 15 is 0 Å². The minimum absolute atomic E-state index is 0.0997. The Hall–Kier alpha value is -1.36. The highest BCUT2D eigenvalue weighted by Crippen LogP contribution is 2.31. The first-order chi connectivity index (χ1) is 7.10. The third-order valence-corrected chi connectivity index (χ3v) is 1.99. The molecule has 3 nitrogen and oxygen atoms in total. The molecule has 5 heteroatoms. The molecule has 0 spiro atoms. The van der Waals surface area contributed by atoms with Gasteiger partial charge in [-0.25, -0.2) is 8.78 Å². The smallest absolute Gasteiger partial charge is 0.268 e. The summed E-state index contributed by atoms with van der Waals surface area (Å²) in [6, 6.07) is 4.17. The molecule has 1 N–H and O–H groups in total. The van der Waals surface area contributed by atoms with Crippen LogP contribution in [-0.2, 0) is 0 Å². The number of alkyl halides is 2. The summed E-state index contributed by atoms with van der Waals surface area (Å²) in [6.07, 6.45) is -4.62. The van der Waals surface area contributed by atoms with Gasteiger partial charge in [-0.2, -0.15) is 0 Å². The van der Waals surface area contributed by atoms with Crippen LogP contribution >= 0.6 is 0 Å². The van der Waals surface area contributed by atoms with Gasteiger partial charge >= 0.3 is 0 Å². The molecule has 0 aromatic heterocycles. The number of hydrogen-bond acceptors (Lipinski definition) is 3. The Labute approximate surface area is 86.2 Å². The SMILES string of the molecule is COc1ccc(C(O)C(F)F)cc1OC. The van der Waals surface area contributed by atoms with Gasteiger partial charge in [0.15, 0.2) is 11.5 Å². The van der Waals surface area contributed by atoms with Crippen molar-refractivity contribution in [3.8, 4) is 11.5 Å². The molecule has 1 aromatic rings. The quantitative estimate of drug-likeness (QED) is 0.840. The van der Waals surface area contributed by atoms with E-state index in [1.165, 1.54) is 32.4 Å². The highest BCUT2D eigenvalue weighted by molar-refractivity contribution is 5.43. The standard InChI is InChI=1S/C10H12F2O3/c1-14-7-4-3-6(5-8(7)15-2)9(13)10(11)12/h3-5,9-10,13H,1-2H3. The average Bonchev–Trinajstić information content (AvgIpc) is 2.26. The number of aliphatic hydroxyl groups excluding tert-OH is 1. The van der Waals surface area contributed by atoms with Gasteiger partial charge in [0.2, 0.25) is 0 Å². The van der Waals surface area contributed by atoms with E-state index in [0.717, 1.165) is 0 Å². The molecule has 0 heterocycles. The maximum Gasteiger partial charge on any atom is 0.268 e. The van der Waals surface area contributed by atoms with Crippen molar-refractivity contribution in [3.63, 3.8) is 0 Å².